The second-order valence-electron chi connectivity index (χ2n) is 9.11. The number of unbranched alkanes of at least 4 members (excludes halogenated alkanes) is 2. The number of hydrogen-bond acceptors (Lipinski definition) is 11. The van der Waals surface area contributed by atoms with Crippen LogP contribution in [0.2, 0.25) is 0 Å². The van der Waals surface area contributed by atoms with Crippen LogP contribution in [-0.2, 0) is 58.8 Å². The Bertz CT molecular complexity index is 678. The topological polar surface area (TPSA) is 109 Å². The molecule has 1 rings (SSSR count). The number of esters is 1. The summed E-state index contributed by atoms with van der Waals surface area (Å²) in [6.45, 7) is 11.5. The summed E-state index contributed by atoms with van der Waals surface area (Å²) in [5, 5.41) is 0. The molecule has 11 heteroatoms. The largest absolute Gasteiger partial charge is 0.463 e. The Morgan fingerprint density at radius 2 is 0.833 bits per heavy atom. The molecule has 0 N–H and O–H groups in total. The van der Waals surface area contributed by atoms with Gasteiger partial charge in [0, 0.05) is 6.42 Å². The minimum absolute atomic E-state index is 0.157. The smallest absolute Gasteiger partial charge is 0.305 e. The molecule has 11 nitrogen and oxygen atoms in total. The van der Waals surface area contributed by atoms with E-state index in [2.05, 4.69) is 6.92 Å². The van der Waals surface area contributed by atoms with Gasteiger partial charge in [-0.3, -0.25) is 4.79 Å². The number of hydrogen-bond donors (Lipinski definition) is 0. The van der Waals surface area contributed by atoms with E-state index in [0.717, 1.165) is 24.8 Å². The summed E-state index contributed by atoms with van der Waals surface area (Å²) >= 11 is 0. The van der Waals surface area contributed by atoms with Gasteiger partial charge in [-0.05, 0) is 12.0 Å². The zero-order valence-electron chi connectivity index (χ0n) is 25.6. The van der Waals surface area contributed by atoms with E-state index in [-0.39, 0.29) is 12.6 Å². The summed E-state index contributed by atoms with van der Waals surface area (Å²) < 4.78 is 54.3. The second kappa shape index (κ2) is 32.2. The molecule has 244 valence electrons. The zero-order valence-corrected chi connectivity index (χ0v) is 25.6. The SMILES string of the molecule is CCCCCC(=O)OCCOCCOCCOCCOCCOCCOCCOCCOCCOCc1ccccc1. The molecule has 1 aromatic carbocycles. The van der Waals surface area contributed by atoms with Crippen molar-refractivity contribution in [2.75, 3.05) is 119 Å². The minimum Gasteiger partial charge on any atom is -0.463 e. The Hall–Kier alpha value is -1.67. The van der Waals surface area contributed by atoms with Crippen molar-refractivity contribution < 1.29 is 52.2 Å². The molecule has 0 aromatic heterocycles. The van der Waals surface area contributed by atoms with Crippen LogP contribution in [0, 0.1) is 0 Å². The molecule has 0 aliphatic rings. The summed E-state index contributed by atoms with van der Waals surface area (Å²) in [7, 11) is 0. The first-order chi connectivity index (χ1) is 20.8. The molecule has 0 saturated carbocycles. The van der Waals surface area contributed by atoms with Crippen molar-refractivity contribution >= 4 is 5.97 Å². The lowest BCUT2D eigenvalue weighted by Gasteiger charge is -2.09. The standard InChI is InChI=1S/C31H54O11/c1-2-3-5-10-31(32)42-28-27-40-24-23-38-20-19-36-16-15-34-12-11-33-13-14-35-17-18-37-21-22-39-25-26-41-29-30-8-6-4-7-9-30/h4,6-9H,2-3,5,10-29H2,1H3. The van der Waals surface area contributed by atoms with Gasteiger partial charge in [-0.15, -0.1) is 0 Å². The Morgan fingerprint density at radius 1 is 0.476 bits per heavy atom. The molecule has 0 aliphatic carbocycles. The van der Waals surface area contributed by atoms with Crippen molar-refractivity contribution in [2.45, 2.75) is 39.2 Å². The van der Waals surface area contributed by atoms with Gasteiger partial charge >= 0.3 is 5.97 Å². The van der Waals surface area contributed by atoms with E-state index < -0.39 is 0 Å². The zero-order chi connectivity index (χ0) is 30.0. The van der Waals surface area contributed by atoms with E-state index in [9.17, 15) is 4.79 Å². The van der Waals surface area contributed by atoms with E-state index in [1.165, 1.54) is 0 Å². The third-order valence-corrected chi connectivity index (χ3v) is 5.56. The fourth-order valence-electron chi connectivity index (χ4n) is 3.33. The number of carbonyl (C=O) groups excluding carboxylic acids is 1. The van der Waals surface area contributed by atoms with Gasteiger partial charge in [-0.25, -0.2) is 0 Å². The molecule has 0 unspecified atom stereocenters. The molecule has 0 atom stereocenters. The van der Waals surface area contributed by atoms with Gasteiger partial charge in [0.1, 0.15) is 6.61 Å². The van der Waals surface area contributed by atoms with Gasteiger partial charge in [0.15, 0.2) is 0 Å². The fourth-order valence-corrected chi connectivity index (χ4v) is 3.33. The molecule has 42 heavy (non-hydrogen) atoms. The van der Waals surface area contributed by atoms with Gasteiger partial charge in [0.05, 0.1) is 119 Å². The fraction of sp³-hybridized carbons (Fsp3) is 0.774. The highest BCUT2D eigenvalue weighted by molar-refractivity contribution is 5.69. The van der Waals surface area contributed by atoms with E-state index in [1.54, 1.807) is 0 Å². The van der Waals surface area contributed by atoms with Crippen molar-refractivity contribution in [2.24, 2.45) is 0 Å². The van der Waals surface area contributed by atoms with Crippen LogP contribution in [-0.4, -0.2) is 125 Å². The summed E-state index contributed by atoms with van der Waals surface area (Å²) in [6.07, 6.45) is 3.50. The van der Waals surface area contributed by atoms with Crippen LogP contribution in [0.5, 0.6) is 0 Å². The first-order valence-corrected chi connectivity index (χ1v) is 15.2. The number of rotatable bonds is 33. The van der Waals surface area contributed by atoms with Crippen molar-refractivity contribution in [1.29, 1.82) is 0 Å². The lowest BCUT2D eigenvalue weighted by Crippen LogP contribution is -2.15. The molecule has 0 aliphatic heterocycles. The van der Waals surface area contributed by atoms with Crippen LogP contribution < -0.4 is 0 Å². The molecule has 0 radical (unpaired) electrons. The molecular formula is C31H54O11. The average molecular weight is 603 g/mol. The maximum absolute atomic E-state index is 11.4. The summed E-state index contributed by atoms with van der Waals surface area (Å²) in [5.74, 6) is -0.157. The predicted molar refractivity (Wildman–Crippen MR) is 158 cm³/mol. The van der Waals surface area contributed by atoms with Crippen molar-refractivity contribution in [3.05, 3.63) is 35.9 Å². The van der Waals surface area contributed by atoms with Crippen molar-refractivity contribution in [3.63, 3.8) is 0 Å². The second-order valence-corrected chi connectivity index (χ2v) is 9.11. The number of ether oxygens (including phenoxy) is 10. The molecule has 0 bridgehead atoms. The van der Waals surface area contributed by atoms with E-state index >= 15 is 0 Å². The Morgan fingerprint density at radius 3 is 1.21 bits per heavy atom. The van der Waals surface area contributed by atoms with Crippen LogP contribution in [0.1, 0.15) is 38.2 Å². The predicted octanol–water partition coefficient (Wildman–Crippen LogP) is 3.46. The molecule has 1 aromatic rings. The van der Waals surface area contributed by atoms with Gasteiger partial charge in [0.2, 0.25) is 0 Å². The molecular weight excluding hydrogens is 548 g/mol. The highest BCUT2D eigenvalue weighted by atomic mass is 16.6. The maximum atomic E-state index is 11.4. The Balaban J connectivity index is 1.64. The van der Waals surface area contributed by atoms with E-state index in [0.29, 0.717) is 125 Å². The van der Waals surface area contributed by atoms with Gasteiger partial charge in [-0.2, -0.15) is 0 Å². The van der Waals surface area contributed by atoms with Crippen LogP contribution in [0.4, 0.5) is 0 Å². The third kappa shape index (κ3) is 28.4. The maximum Gasteiger partial charge on any atom is 0.305 e. The number of benzene rings is 1. The van der Waals surface area contributed by atoms with Crippen molar-refractivity contribution in [1.82, 2.24) is 0 Å². The molecule has 0 saturated heterocycles. The Labute approximate surface area is 252 Å². The highest BCUT2D eigenvalue weighted by Gasteiger charge is 2.02. The number of carbonyl (C=O) groups is 1. The van der Waals surface area contributed by atoms with Crippen LogP contribution >= 0.6 is 0 Å². The lowest BCUT2D eigenvalue weighted by atomic mass is 10.2. The van der Waals surface area contributed by atoms with E-state index in [1.807, 2.05) is 30.3 Å². The first kappa shape index (κ1) is 38.4. The molecule has 0 amide bonds. The average Bonchev–Trinajstić information content (AvgIpc) is 3.01. The molecule has 0 spiro atoms. The van der Waals surface area contributed by atoms with E-state index in [4.69, 9.17) is 47.4 Å². The summed E-state index contributed by atoms with van der Waals surface area (Å²) in [5.41, 5.74) is 1.16. The summed E-state index contributed by atoms with van der Waals surface area (Å²) in [4.78, 5) is 11.4. The van der Waals surface area contributed by atoms with Crippen LogP contribution in [0.25, 0.3) is 0 Å². The van der Waals surface area contributed by atoms with Gasteiger partial charge < -0.3 is 47.4 Å². The highest BCUT2D eigenvalue weighted by Crippen LogP contribution is 2.01. The van der Waals surface area contributed by atoms with Gasteiger partial charge in [-0.1, -0.05) is 50.1 Å². The summed E-state index contributed by atoms with van der Waals surface area (Å²) in [6, 6.07) is 10.1. The quantitative estimate of drug-likeness (QED) is 0.0872. The lowest BCUT2D eigenvalue weighted by molar-refractivity contribution is -0.145. The minimum atomic E-state index is -0.157. The first-order valence-electron chi connectivity index (χ1n) is 15.2. The van der Waals surface area contributed by atoms with Gasteiger partial charge in [0.25, 0.3) is 0 Å². The Kier molecular flexibility index (Phi) is 29.4. The molecule has 0 heterocycles. The van der Waals surface area contributed by atoms with Crippen molar-refractivity contribution in [3.8, 4) is 0 Å². The monoisotopic (exact) mass is 602 g/mol. The van der Waals surface area contributed by atoms with Crippen LogP contribution in [0.15, 0.2) is 30.3 Å². The normalized spacial score (nSPS) is 11.3. The third-order valence-electron chi connectivity index (χ3n) is 5.56. The van der Waals surface area contributed by atoms with Crippen LogP contribution in [0.3, 0.4) is 0 Å². The molecule has 0 fully saturated rings.